The van der Waals surface area contributed by atoms with Crippen LogP contribution in [0.1, 0.15) is 29.5 Å². The minimum Gasteiger partial charge on any atom is -0.393 e. The molecule has 0 unspecified atom stereocenters. The molecule has 0 aliphatic carbocycles. The molecule has 2 aromatic carbocycles. The maximum Gasteiger partial charge on any atom is 0.234 e. The Labute approximate surface area is 170 Å². The van der Waals surface area contributed by atoms with Crippen LogP contribution >= 0.6 is 11.8 Å². The Morgan fingerprint density at radius 3 is 2.64 bits per heavy atom. The van der Waals surface area contributed by atoms with E-state index in [1.54, 1.807) is 17.8 Å². The smallest absolute Gasteiger partial charge is 0.234 e. The van der Waals surface area contributed by atoms with Crippen LogP contribution in [-0.4, -0.2) is 36.0 Å². The fraction of sp³-hybridized carbons (Fsp3) is 0.364. The van der Waals surface area contributed by atoms with E-state index in [4.69, 9.17) is 0 Å². The van der Waals surface area contributed by atoms with Crippen molar-refractivity contribution >= 4 is 29.0 Å². The Hall–Kier alpha value is -2.49. The first-order chi connectivity index (χ1) is 13.5. The van der Waals surface area contributed by atoms with Crippen LogP contribution in [0.5, 0.6) is 0 Å². The number of carbonyl (C=O) groups is 1. The molecule has 28 heavy (non-hydrogen) atoms. The lowest BCUT2D eigenvalue weighted by Crippen LogP contribution is -2.36. The van der Waals surface area contributed by atoms with E-state index in [0.717, 1.165) is 24.5 Å². The number of piperidine rings is 1. The van der Waals surface area contributed by atoms with Gasteiger partial charge in [-0.15, -0.1) is 11.8 Å². The van der Waals surface area contributed by atoms with Crippen LogP contribution in [0.25, 0.3) is 0 Å². The molecule has 1 fully saturated rings. The van der Waals surface area contributed by atoms with E-state index >= 15 is 0 Å². The maximum atomic E-state index is 12.2. The van der Waals surface area contributed by atoms with Gasteiger partial charge < -0.3 is 15.3 Å². The highest BCUT2D eigenvalue weighted by Gasteiger charge is 2.19. The fourth-order valence-electron chi connectivity index (χ4n) is 3.23. The third kappa shape index (κ3) is 5.51. The summed E-state index contributed by atoms with van der Waals surface area (Å²) in [5.74, 6) is 1.08. The van der Waals surface area contributed by atoms with Gasteiger partial charge in [-0.1, -0.05) is 29.8 Å². The van der Waals surface area contributed by atoms with E-state index in [1.165, 1.54) is 11.1 Å². The summed E-state index contributed by atoms with van der Waals surface area (Å²) in [5.41, 5.74) is 4.47. The molecule has 6 heteroatoms. The van der Waals surface area contributed by atoms with Gasteiger partial charge in [-0.3, -0.25) is 4.79 Å². The lowest BCUT2D eigenvalue weighted by Gasteiger charge is -2.32. The summed E-state index contributed by atoms with van der Waals surface area (Å²) in [4.78, 5) is 14.3. The maximum absolute atomic E-state index is 12.2. The first kappa shape index (κ1) is 20.2. The Kier molecular flexibility index (Phi) is 6.96. The molecular formula is C22H25N3O2S. The second-order valence-electron chi connectivity index (χ2n) is 7.09. The number of carbonyl (C=O) groups excluding carboxylic acids is 1. The highest BCUT2D eigenvalue weighted by Crippen LogP contribution is 2.27. The quantitative estimate of drug-likeness (QED) is 0.780. The van der Waals surface area contributed by atoms with Crippen LogP contribution in [0.4, 0.5) is 11.4 Å². The normalized spacial score (nSPS) is 14.5. The number of nitrogens with zero attached hydrogens (tertiary/aromatic N) is 2. The van der Waals surface area contributed by atoms with Crippen LogP contribution in [0.15, 0.2) is 42.5 Å². The summed E-state index contributed by atoms with van der Waals surface area (Å²) >= 11 is 1.57. The molecular weight excluding hydrogens is 370 g/mol. The van der Waals surface area contributed by atoms with Gasteiger partial charge in [0.2, 0.25) is 5.91 Å². The summed E-state index contributed by atoms with van der Waals surface area (Å²) < 4.78 is 0. The average Bonchev–Trinajstić information content (AvgIpc) is 2.70. The standard InChI is InChI=1S/C22H25N3O2S/c1-16-2-4-17(5-3-16)14-28-15-22(27)24-19-6-7-21(18(12-19)13-23)25-10-8-20(26)9-11-25/h2-7,12,20,26H,8-11,14-15H2,1H3,(H,24,27). The van der Waals surface area contributed by atoms with Gasteiger partial charge >= 0.3 is 0 Å². The molecule has 1 heterocycles. The molecule has 0 atom stereocenters. The van der Waals surface area contributed by atoms with Crippen molar-refractivity contribution in [3.8, 4) is 6.07 Å². The van der Waals surface area contributed by atoms with Gasteiger partial charge in [-0.2, -0.15) is 5.26 Å². The second-order valence-corrected chi connectivity index (χ2v) is 8.07. The molecule has 1 aliphatic heterocycles. The van der Waals surface area contributed by atoms with Crippen LogP contribution in [0, 0.1) is 18.3 Å². The number of aliphatic hydroxyl groups is 1. The van der Waals surface area contributed by atoms with E-state index in [9.17, 15) is 15.2 Å². The molecule has 0 aromatic heterocycles. The summed E-state index contributed by atoms with van der Waals surface area (Å²) in [6, 6.07) is 16.0. The molecule has 1 aliphatic rings. The first-order valence-electron chi connectivity index (χ1n) is 9.45. The summed E-state index contributed by atoms with van der Waals surface area (Å²) in [5, 5.41) is 22.0. The zero-order chi connectivity index (χ0) is 19.9. The number of hydrogen-bond donors (Lipinski definition) is 2. The Balaban J connectivity index is 1.54. The monoisotopic (exact) mass is 395 g/mol. The molecule has 2 N–H and O–H groups in total. The Morgan fingerprint density at radius 1 is 1.25 bits per heavy atom. The van der Waals surface area contributed by atoms with Gasteiger partial charge in [0.25, 0.3) is 0 Å². The average molecular weight is 396 g/mol. The van der Waals surface area contributed by atoms with Crippen molar-refractivity contribution < 1.29 is 9.90 Å². The van der Waals surface area contributed by atoms with Crippen molar-refractivity contribution in [3.05, 3.63) is 59.2 Å². The lowest BCUT2D eigenvalue weighted by atomic mass is 10.0. The molecule has 0 radical (unpaired) electrons. The number of nitriles is 1. The number of nitrogens with one attached hydrogen (secondary N) is 1. The van der Waals surface area contributed by atoms with Gasteiger partial charge in [0, 0.05) is 24.5 Å². The van der Waals surface area contributed by atoms with E-state index < -0.39 is 0 Å². The number of hydrogen-bond acceptors (Lipinski definition) is 5. The molecule has 3 rings (SSSR count). The number of anilines is 2. The first-order valence-corrected chi connectivity index (χ1v) is 10.6. The lowest BCUT2D eigenvalue weighted by molar-refractivity contribution is -0.113. The number of rotatable bonds is 6. The van der Waals surface area contributed by atoms with Crippen LogP contribution in [0.2, 0.25) is 0 Å². The van der Waals surface area contributed by atoms with Crippen molar-refractivity contribution in [3.63, 3.8) is 0 Å². The van der Waals surface area contributed by atoms with Gasteiger partial charge in [-0.25, -0.2) is 0 Å². The minimum atomic E-state index is -0.252. The molecule has 0 saturated carbocycles. The van der Waals surface area contributed by atoms with E-state index in [-0.39, 0.29) is 12.0 Å². The molecule has 0 bridgehead atoms. The highest BCUT2D eigenvalue weighted by atomic mass is 32.2. The predicted molar refractivity (Wildman–Crippen MR) is 115 cm³/mol. The topological polar surface area (TPSA) is 76.4 Å². The second kappa shape index (κ2) is 9.63. The molecule has 146 valence electrons. The van der Waals surface area contributed by atoms with Crippen molar-refractivity contribution in [2.75, 3.05) is 29.1 Å². The largest absolute Gasteiger partial charge is 0.393 e. The van der Waals surface area contributed by atoms with Gasteiger partial charge in [0.1, 0.15) is 6.07 Å². The van der Waals surface area contributed by atoms with E-state index in [1.807, 2.05) is 12.1 Å². The number of aliphatic hydroxyl groups excluding tert-OH is 1. The van der Waals surface area contributed by atoms with E-state index in [2.05, 4.69) is 47.5 Å². The van der Waals surface area contributed by atoms with Crippen molar-refractivity contribution in [2.45, 2.75) is 31.6 Å². The number of benzene rings is 2. The molecule has 1 saturated heterocycles. The van der Waals surface area contributed by atoms with Crippen molar-refractivity contribution in [1.29, 1.82) is 5.26 Å². The van der Waals surface area contributed by atoms with Gasteiger partial charge in [0.15, 0.2) is 0 Å². The predicted octanol–water partition coefficient (Wildman–Crippen LogP) is 3.70. The molecule has 0 spiro atoms. The SMILES string of the molecule is Cc1ccc(CSCC(=O)Nc2ccc(N3CCC(O)CC3)c(C#N)c2)cc1. The van der Waals surface area contributed by atoms with Crippen LogP contribution in [-0.2, 0) is 10.5 Å². The van der Waals surface area contributed by atoms with E-state index in [0.29, 0.717) is 29.8 Å². The third-order valence-corrected chi connectivity index (χ3v) is 5.83. The zero-order valence-electron chi connectivity index (χ0n) is 16.0. The number of amides is 1. The minimum absolute atomic E-state index is 0.0742. The summed E-state index contributed by atoms with van der Waals surface area (Å²) in [6.07, 6.45) is 1.17. The third-order valence-electron chi connectivity index (χ3n) is 4.83. The van der Waals surface area contributed by atoms with Crippen molar-refractivity contribution in [2.24, 2.45) is 0 Å². The zero-order valence-corrected chi connectivity index (χ0v) is 16.8. The molecule has 1 amide bonds. The summed E-state index contributed by atoms with van der Waals surface area (Å²) in [6.45, 7) is 3.52. The molecule has 2 aromatic rings. The van der Waals surface area contributed by atoms with Gasteiger partial charge in [-0.05, 0) is 43.5 Å². The number of aryl methyl sites for hydroxylation is 1. The summed E-state index contributed by atoms with van der Waals surface area (Å²) in [7, 11) is 0. The van der Waals surface area contributed by atoms with Crippen LogP contribution < -0.4 is 10.2 Å². The number of thioether (sulfide) groups is 1. The van der Waals surface area contributed by atoms with Crippen molar-refractivity contribution in [1.82, 2.24) is 0 Å². The van der Waals surface area contributed by atoms with Crippen LogP contribution in [0.3, 0.4) is 0 Å². The molecule has 5 nitrogen and oxygen atoms in total. The fourth-order valence-corrected chi connectivity index (χ4v) is 4.02. The highest BCUT2D eigenvalue weighted by molar-refractivity contribution is 7.99. The van der Waals surface area contributed by atoms with Gasteiger partial charge in [0.05, 0.1) is 23.1 Å². The Morgan fingerprint density at radius 2 is 1.96 bits per heavy atom. The Bertz CT molecular complexity index is 853.